The number of hydrogen-bond acceptors (Lipinski definition) is 4. The zero-order valence-electron chi connectivity index (χ0n) is 13.0. The summed E-state index contributed by atoms with van der Waals surface area (Å²) in [6.07, 6.45) is 1.85. The highest BCUT2D eigenvalue weighted by Crippen LogP contribution is 2.25. The van der Waals surface area contributed by atoms with Crippen molar-refractivity contribution < 1.29 is 9.59 Å². The second kappa shape index (κ2) is 5.42. The fourth-order valence-corrected chi connectivity index (χ4v) is 2.76. The molecule has 1 aliphatic rings. The molecule has 6 nitrogen and oxygen atoms in total. The fraction of sp³-hybridized carbons (Fsp3) is 0.111. The molecule has 4 rings (SSSR count). The van der Waals surface area contributed by atoms with E-state index in [1.54, 1.807) is 12.3 Å². The van der Waals surface area contributed by atoms with Gasteiger partial charge in [-0.15, -0.1) is 0 Å². The van der Waals surface area contributed by atoms with Gasteiger partial charge >= 0.3 is 0 Å². The highest BCUT2D eigenvalue weighted by molar-refractivity contribution is 6.44. The molecule has 0 N–H and O–H groups in total. The van der Waals surface area contributed by atoms with Crippen LogP contribution < -0.4 is 5.01 Å². The monoisotopic (exact) mass is 318 g/mol. The number of hydrazone groups is 1. The topological polar surface area (TPSA) is 67.6 Å². The molecule has 3 aromatic rings. The Labute approximate surface area is 138 Å². The van der Waals surface area contributed by atoms with Crippen LogP contribution in [0.4, 0.5) is 5.69 Å². The Bertz CT molecular complexity index is 1000. The van der Waals surface area contributed by atoms with Crippen LogP contribution in [0.15, 0.2) is 59.8 Å². The van der Waals surface area contributed by atoms with Crippen LogP contribution in [0.3, 0.4) is 0 Å². The van der Waals surface area contributed by atoms with E-state index in [0.29, 0.717) is 5.69 Å². The molecule has 0 fully saturated rings. The van der Waals surface area contributed by atoms with Gasteiger partial charge in [0.05, 0.1) is 29.5 Å². The van der Waals surface area contributed by atoms with Gasteiger partial charge in [0, 0.05) is 12.3 Å². The highest BCUT2D eigenvalue weighted by atomic mass is 16.2. The summed E-state index contributed by atoms with van der Waals surface area (Å²) in [7, 11) is 0. The third-order valence-corrected chi connectivity index (χ3v) is 3.98. The molecule has 1 amide bonds. The van der Waals surface area contributed by atoms with Crippen molar-refractivity contribution in [2.75, 3.05) is 5.01 Å². The quantitative estimate of drug-likeness (QED) is 0.745. The normalized spacial score (nSPS) is 14.3. The number of carbonyl (C=O) groups excluding carboxylic acids is 2. The Morgan fingerprint density at radius 2 is 1.88 bits per heavy atom. The molecule has 0 spiro atoms. The minimum absolute atomic E-state index is 0.0459. The minimum Gasteiger partial charge on any atom is -0.293 e. The summed E-state index contributed by atoms with van der Waals surface area (Å²) in [5.74, 6) is -0.386. The summed E-state index contributed by atoms with van der Waals surface area (Å²) in [5.41, 5.74) is 2.71. The van der Waals surface area contributed by atoms with Crippen LogP contribution in [0.1, 0.15) is 13.3 Å². The van der Waals surface area contributed by atoms with Crippen LogP contribution in [0.25, 0.3) is 16.6 Å². The standard InChI is InChI=1S/C18H14N4O2/c1-12(23)16-10-18(24)22(20-16)15-7-4-6-14(9-15)21-17-8-3-2-5-13(17)11-19-21/h2-9,11H,10H2,1H3. The molecular formula is C18H14N4O2. The van der Waals surface area contributed by atoms with Crippen molar-refractivity contribution in [2.45, 2.75) is 13.3 Å². The van der Waals surface area contributed by atoms with E-state index in [0.717, 1.165) is 16.6 Å². The highest BCUT2D eigenvalue weighted by Gasteiger charge is 2.27. The minimum atomic E-state index is -0.206. The van der Waals surface area contributed by atoms with Crippen molar-refractivity contribution in [3.05, 3.63) is 54.7 Å². The van der Waals surface area contributed by atoms with E-state index in [4.69, 9.17) is 0 Å². The molecular weight excluding hydrogens is 304 g/mol. The number of anilines is 1. The Kier molecular flexibility index (Phi) is 3.23. The van der Waals surface area contributed by atoms with Gasteiger partial charge in [-0.05, 0) is 24.3 Å². The lowest BCUT2D eigenvalue weighted by atomic mass is 10.2. The van der Waals surface area contributed by atoms with Gasteiger partial charge < -0.3 is 0 Å². The number of fused-ring (bicyclic) bond motifs is 1. The Hall–Kier alpha value is -3.28. The molecule has 0 saturated carbocycles. The smallest absolute Gasteiger partial charge is 0.253 e. The molecule has 118 valence electrons. The number of nitrogens with zero attached hydrogens (tertiary/aromatic N) is 4. The van der Waals surface area contributed by atoms with Crippen LogP contribution in [0.2, 0.25) is 0 Å². The number of aromatic nitrogens is 2. The van der Waals surface area contributed by atoms with Gasteiger partial charge in [-0.3, -0.25) is 9.59 Å². The van der Waals surface area contributed by atoms with Crippen LogP contribution >= 0.6 is 0 Å². The first-order valence-corrected chi connectivity index (χ1v) is 7.58. The molecule has 0 saturated heterocycles. The molecule has 1 aromatic heterocycles. The number of para-hydroxylation sites is 1. The van der Waals surface area contributed by atoms with E-state index in [-0.39, 0.29) is 23.8 Å². The molecule has 0 unspecified atom stereocenters. The van der Waals surface area contributed by atoms with Crippen LogP contribution in [0, 0.1) is 0 Å². The summed E-state index contributed by atoms with van der Waals surface area (Å²) < 4.78 is 1.81. The Balaban J connectivity index is 1.77. The number of amides is 1. The van der Waals surface area contributed by atoms with E-state index in [1.807, 2.05) is 47.1 Å². The number of hydrogen-bond donors (Lipinski definition) is 0. The third kappa shape index (κ3) is 2.28. The largest absolute Gasteiger partial charge is 0.293 e. The summed E-state index contributed by atoms with van der Waals surface area (Å²) in [4.78, 5) is 23.6. The lowest BCUT2D eigenvalue weighted by Crippen LogP contribution is -2.19. The maximum Gasteiger partial charge on any atom is 0.253 e. The summed E-state index contributed by atoms with van der Waals surface area (Å²) in [6.45, 7) is 1.42. The van der Waals surface area contributed by atoms with Gasteiger partial charge in [0.15, 0.2) is 5.78 Å². The molecule has 6 heteroatoms. The van der Waals surface area contributed by atoms with E-state index in [2.05, 4.69) is 10.2 Å². The number of rotatable bonds is 3. The second-order valence-corrected chi connectivity index (χ2v) is 5.62. The predicted octanol–water partition coefficient (Wildman–Crippen LogP) is 2.71. The number of benzene rings is 2. The zero-order chi connectivity index (χ0) is 16.7. The van der Waals surface area contributed by atoms with E-state index >= 15 is 0 Å². The molecule has 2 aromatic carbocycles. The molecule has 0 atom stereocenters. The van der Waals surface area contributed by atoms with E-state index in [1.165, 1.54) is 11.9 Å². The van der Waals surface area contributed by atoms with Crippen molar-refractivity contribution in [3.8, 4) is 5.69 Å². The number of carbonyl (C=O) groups is 2. The van der Waals surface area contributed by atoms with Crippen LogP contribution in [-0.4, -0.2) is 27.2 Å². The first-order valence-electron chi connectivity index (χ1n) is 7.58. The molecule has 0 bridgehead atoms. The van der Waals surface area contributed by atoms with Crippen molar-refractivity contribution in [1.82, 2.24) is 9.78 Å². The van der Waals surface area contributed by atoms with Gasteiger partial charge in [0.25, 0.3) is 5.91 Å². The number of ketones is 1. The lowest BCUT2D eigenvalue weighted by molar-refractivity contribution is -0.117. The first kappa shape index (κ1) is 14.3. The van der Waals surface area contributed by atoms with Crippen molar-refractivity contribution in [1.29, 1.82) is 0 Å². The first-order chi connectivity index (χ1) is 11.6. The summed E-state index contributed by atoms with van der Waals surface area (Å²) in [5, 5.41) is 10.9. The van der Waals surface area contributed by atoms with Crippen molar-refractivity contribution >= 4 is 34.0 Å². The molecule has 24 heavy (non-hydrogen) atoms. The summed E-state index contributed by atoms with van der Waals surface area (Å²) in [6, 6.07) is 15.3. The number of Topliss-reactive ketones (excluding diaryl/α,β-unsaturated/α-hetero) is 1. The second-order valence-electron chi connectivity index (χ2n) is 5.62. The molecule has 0 radical (unpaired) electrons. The van der Waals surface area contributed by atoms with Gasteiger partial charge in [0.1, 0.15) is 5.71 Å². The lowest BCUT2D eigenvalue weighted by Gasteiger charge is -2.13. The van der Waals surface area contributed by atoms with Crippen LogP contribution in [-0.2, 0) is 9.59 Å². The molecule has 1 aliphatic heterocycles. The van der Waals surface area contributed by atoms with E-state index < -0.39 is 0 Å². The van der Waals surface area contributed by atoms with E-state index in [9.17, 15) is 9.59 Å². The Morgan fingerprint density at radius 1 is 1.08 bits per heavy atom. The molecule has 2 heterocycles. The maximum absolute atomic E-state index is 12.1. The third-order valence-electron chi connectivity index (χ3n) is 3.98. The van der Waals surface area contributed by atoms with Gasteiger partial charge in [-0.2, -0.15) is 15.2 Å². The van der Waals surface area contributed by atoms with Crippen molar-refractivity contribution in [2.24, 2.45) is 5.10 Å². The maximum atomic E-state index is 12.1. The van der Waals surface area contributed by atoms with Gasteiger partial charge in [-0.1, -0.05) is 24.3 Å². The van der Waals surface area contributed by atoms with Crippen LogP contribution in [0.5, 0.6) is 0 Å². The zero-order valence-corrected chi connectivity index (χ0v) is 13.0. The van der Waals surface area contributed by atoms with Crippen molar-refractivity contribution in [3.63, 3.8) is 0 Å². The van der Waals surface area contributed by atoms with Gasteiger partial charge in [0.2, 0.25) is 0 Å². The average molecular weight is 318 g/mol. The Morgan fingerprint density at radius 3 is 2.67 bits per heavy atom. The van der Waals surface area contributed by atoms with Gasteiger partial charge in [-0.25, -0.2) is 4.68 Å². The average Bonchev–Trinajstić information content (AvgIpc) is 3.19. The fourth-order valence-electron chi connectivity index (χ4n) is 2.76. The predicted molar refractivity (Wildman–Crippen MR) is 91.3 cm³/mol. The SMILES string of the molecule is CC(=O)C1=NN(c2cccc(-n3ncc4ccccc43)c2)C(=O)C1. The summed E-state index contributed by atoms with van der Waals surface area (Å²) >= 11 is 0. The molecule has 0 aliphatic carbocycles.